The zero-order chi connectivity index (χ0) is 15.6. The van der Waals surface area contributed by atoms with Crippen molar-refractivity contribution in [2.24, 2.45) is 0 Å². The molecule has 1 amide bonds. The maximum absolute atomic E-state index is 12.3. The molecule has 6 heteroatoms. The van der Waals surface area contributed by atoms with Crippen LogP contribution in [0.15, 0.2) is 17.6 Å². The van der Waals surface area contributed by atoms with Crippen LogP contribution in [0.3, 0.4) is 0 Å². The Morgan fingerprint density at radius 2 is 2.10 bits per heavy atom. The molecule has 2 aromatic rings. The Labute approximate surface area is 133 Å². The number of aromatic nitrogens is 2. The molecular formula is C15H18ClN3OS. The Bertz CT molecular complexity index is 661. The third-order valence-corrected chi connectivity index (χ3v) is 4.21. The highest BCUT2D eigenvalue weighted by atomic mass is 35.5. The zero-order valence-corrected chi connectivity index (χ0v) is 14.1. The van der Waals surface area contributed by atoms with Gasteiger partial charge in [-0.05, 0) is 19.1 Å². The van der Waals surface area contributed by atoms with Crippen molar-refractivity contribution in [2.45, 2.75) is 39.7 Å². The molecule has 0 unspecified atom stereocenters. The van der Waals surface area contributed by atoms with E-state index in [0.717, 1.165) is 16.3 Å². The predicted octanol–water partition coefficient (Wildman–Crippen LogP) is 3.73. The second-order valence-electron chi connectivity index (χ2n) is 5.86. The summed E-state index contributed by atoms with van der Waals surface area (Å²) in [7, 11) is 0. The molecule has 2 heterocycles. The highest BCUT2D eigenvalue weighted by molar-refractivity contribution is 7.09. The summed E-state index contributed by atoms with van der Waals surface area (Å²) in [5.74, 6) is -0.155. The van der Waals surface area contributed by atoms with E-state index >= 15 is 0 Å². The molecule has 0 saturated heterocycles. The number of nitrogens with zero attached hydrogens (tertiary/aromatic N) is 2. The topological polar surface area (TPSA) is 54.9 Å². The first-order valence-corrected chi connectivity index (χ1v) is 7.88. The van der Waals surface area contributed by atoms with E-state index in [9.17, 15) is 4.79 Å². The molecule has 0 fully saturated rings. The number of hydrogen-bond acceptors (Lipinski definition) is 4. The Kier molecular flexibility index (Phi) is 4.64. The van der Waals surface area contributed by atoms with Gasteiger partial charge in [-0.3, -0.25) is 4.79 Å². The molecule has 4 nitrogen and oxygen atoms in total. The van der Waals surface area contributed by atoms with Crippen LogP contribution in [0, 0.1) is 6.92 Å². The van der Waals surface area contributed by atoms with Crippen LogP contribution in [-0.2, 0) is 12.0 Å². The summed E-state index contributed by atoms with van der Waals surface area (Å²) in [5.41, 5.74) is 3.89. The van der Waals surface area contributed by atoms with Crippen molar-refractivity contribution < 1.29 is 4.79 Å². The third-order valence-electron chi connectivity index (χ3n) is 3.08. The Morgan fingerprint density at radius 1 is 1.38 bits per heavy atom. The van der Waals surface area contributed by atoms with Gasteiger partial charge in [-0.1, -0.05) is 32.4 Å². The molecule has 0 aliphatic heterocycles. The maximum Gasteiger partial charge on any atom is 0.251 e. The van der Waals surface area contributed by atoms with E-state index in [-0.39, 0.29) is 11.3 Å². The van der Waals surface area contributed by atoms with E-state index in [1.807, 2.05) is 27.7 Å². The van der Waals surface area contributed by atoms with Gasteiger partial charge < -0.3 is 5.32 Å². The van der Waals surface area contributed by atoms with Gasteiger partial charge in [0.15, 0.2) is 0 Å². The minimum Gasteiger partial charge on any atom is -0.347 e. The van der Waals surface area contributed by atoms with Crippen LogP contribution in [0.5, 0.6) is 0 Å². The number of aryl methyl sites for hydroxylation is 1. The summed E-state index contributed by atoms with van der Waals surface area (Å²) in [6.07, 6.45) is 0. The minimum absolute atomic E-state index is 0.155. The highest BCUT2D eigenvalue weighted by Gasteiger charge is 2.19. The van der Waals surface area contributed by atoms with Crippen molar-refractivity contribution in [3.05, 3.63) is 44.6 Å². The summed E-state index contributed by atoms with van der Waals surface area (Å²) >= 11 is 7.56. The van der Waals surface area contributed by atoms with Crippen molar-refractivity contribution >= 4 is 28.8 Å². The number of halogens is 1. The second kappa shape index (κ2) is 6.12. The normalized spacial score (nSPS) is 11.5. The molecule has 0 saturated carbocycles. The summed E-state index contributed by atoms with van der Waals surface area (Å²) in [5, 5.41) is 3.23. The first kappa shape index (κ1) is 15.9. The van der Waals surface area contributed by atoms with Gasteiger partial charge in [0.05, 0.1) is 17.7 Å². The summed E-state index contributed by atoms with van der Waals surface area (Å²) in [6.45, 7) is 8.51. The number of rotatable bonds is 3. The smallest absolute Gasteiger partial charge is 0.251 e. The lowest BCUT2D eigenvalue weighted by Gasteiger charge is -2.18. The summed E-state index contributed by atoms with van der Waals surface area (Å²) in [4.78, 5) is 21.8. The number of amides is 1. The molecule has 112 valence electrons. The molecule has 0 aliphatic rings. The molecule has 1 N–H and O–H groups in total. The highest BCUT2D eigenvalue weighted by Crippen LogP contribution is 2.23. The molecule has 0 spiro atoms. The number of carbonyl (C=O) groups is 1. The van der Waals surface area contributed by atoms with Crippen LogP contribution in [0.4, 0.5) is 0 Å². The summed E-state index contributed by atoms with van der Waals surface area (Å²) in [6, 6.07) is 3.38. The van der Waals surface area contributed by atoms with Crippen LogP contribution >= 0.6 is 22.9 Å². The average molecular weight is 324 g/mol. The maximum atomic E-state index is 12.3. The number of carbonyl (C=O) groups excluding carboxylic acids is 1. The predicted molar refractivity (Wildman–Crippen MR) is 86.0 cm³/mol. The number of pyridine rings is 1. The Morgan fingerprint density at radius 3 is 2.67 bits per heavy atom. The van der Waals surface area contributed by atoms with Gasteiger partial charge >= 0.3 is 0 Å². The van der Waals surface area contributed by atoms with Crippen LogP contribution < -0.4 is 5.32 Å². The monoisotopic (exact) mass is 323 g/mol. The fraction of sp³-hybridized carbons (Fsp3) is 0.400. The van der Waals surface area contributed by atoms with Gasteiger partial charge in [-0.15, -0.1) is 11.3 Å². The summed E-state index contributed by atoms with van der Waals surface area (Å²) < 4.78 is 0. The first-order chi connectivity index (χ1) is 9.77. The van der Waals surface area contributed by atoms with Crippen molar-refractivity contribution in [3.8, 4) is 0 Å². The van der Waals surface area contributed by atoms with E-state index < -0.39 is 0 Å². The quantitative estimate of drug-likeness (QED) is 0.876. The fourth-order valence-corrected chi connectivity index (χ4v) is 2.70. The van der Waals surface area contributed by atoms with Crippen LogP contribution in [-0.4, -0.2) is 15.9 Å². The van der Waals surface area contributed by atoms with Gasteiger partial charge in [0.25, 0.3) is 5.91 Å². The lowest BCUT2D eigenvalue weighted by atomic mass is 9.91. The molecule has 0 aliphatic carbocycles. The minimum atomic E-state index is -0.159. The van der Waals surface area contributed by atoms with Gasteiger partial charge in [0, 0.05) is 21.5 Å². The van der Waals surface area contributed by atoms with E-state index in [1.165, 1.54) is 11.3 Å². The van der Waals surface area contributed by atoms with Gasteiger partial charge in [0.1, 0.15) is 5.15 Å². The van der Waals surface area contributed by atoms with Crippen molar-refractivity contribution in [2.75, 3.05) is 0 Å². The molecule has 0 atom stereocenters. The molecule has 0 bridgehead atoms. The van der Waals surface area contributed by atoms with Crippen molar-refractivity contribution in [3.63, 3.8) is 0 Å². The lowest BCUT2D eigenvalue weighted by molar-refractivity contribution is 0.0951. The molecule has 21 heavy (non-hydrogen) atoms. The third kappa shape index (κ3) is 4.02. The molecule has 2 rings (SSSR count). The van der Waals surface area contributed by atoms with E-state index in [2.05, 4.69) is 15.3 Å². The van der Waals surface area contributed by atoms with E-state index in [1.54, 1.807) is 17.6 Å². The number of hydrogen-bond donors (Lipinski definition) is 1. The first-order valence-electron chi connectivity index (χ1n) is 6.62. The van der Waals surface area contributed by atoms with Gasteiger partial charge in [0.2, 0.25) is 0 Å². The molecule has 0 aromatic carbocycles. The fourth-order valence-electron chi connectivity index (χ4n) is 1.77. The Hall–Kier alpha value is -1.46. The van der Waals surface area contributed by atoms with Crippen LogP contribution in [0.1, 0.15) is 47.4 Å². The molecule has 0 radical (unpaired) electrons. The number of nitrogens with one attached hydrogen (secondary N) is 1. The Balaban J connectivity index is 2.16. The standard InChI is InChI=1S/C15H18ClN3OS/c1-9-11(21-8-18-9)7-17-14(20)10-5-12(15(2,3)4)19-13(16)6-10/h5-6,8H,7H2,1-4H3,(H,17,20). The lowest BCUT2D eigenvalue weighted by Crippen LogP contribution is -2.24. The molecular weight excluding hydrogens is 306 g/mol. The van der Waals surface area contributed by atoms with Gasteiger partial charge in [-0.2, -0.15) is 0 Å². The van der Waals surface area contributed by atoms with E-state index in [0.29, 0.717) is 17.3 Å². The van der Waals surface area contributed by atoms with Crippen LogP contribution in [0.25, 0.3) is 0 Å². The van der Waals surface area contributed by atoms with Crippen LogP contribution in [0.2, 0.25) is 5.15 Å². The van der Waals surface area contributed by atoms with Crippen molar-refractivity contribution in [1.82, 2.24) is 15.3 Å². The largest absolute Gasteiger partial charge is 0.347 e. The number of thiazole rings is 1. The SMILES string of the molecule is Cc1ncsc1CNC(=O)c1cc(Cl)nc(C(C)(C)C)c1. The average Bonchev–Trinajstić information content (AvgIpc) is 2.79. The van der Waals surface area contributed by atoms with Crippen molar-refractivity contribution in [1.29, 1.82) is 0 Å². The molecule has 2 aromatic heterocycles. The van der Waals surface area contributed by atoms with E-state index in [4.69, 9.17) is 11.6 Å². The van der Waals surface area contributed by atoms with Gasteiger partial charge in [-0.25, -0.2) is 9.97 Å². The zero-order valence-electron chi connectivity index (χ0n) is 12.5. The second-order valence-corrected chi connectivity index (χ2v) is 7.18.